The molecular formula is C14H18N4. The van der Waals surface area contributed by atoms with Crippen molar-refractivity contribution in [2.75, 3.05) is 18.8 Å². The normalized spacial score (nSPS) is 28.0. The number of fused-ring (bicyclic) bond motifs is 2. The lowest BCUT2D eigenvalue weighted by molar-refractivity contribution is 0.293. The molecule has 0 spiro atoms. The van der Waals surface area contributed by atoms with Gasteiger partial charge < -0.3 is 10.3 Å². The average molecular weight is 242 g/mol. The predicted octanol–water partition coefficient (Wildman–Crippen LogP) is 2.03. The van der Waals surface area contributed by atoms with Crippen LogP contribution in [0.1, 0.15) is 25.3 Å². The number of rotatable bonds is 1. The van der Waals surface area contributed by atoms with Gasteiger partial charge in [-0.05, 0) is 37.9 Å². The van der Waals surface area contributed by atoms with Crippen molar-refractivity contribution in [3.8, 4) is 0 Å². The van der Waals surface area contributed by atoms with Crippen LogP contribution in [-0.2, 0) is 0 Å². The van der Waals surface area contributed by atoms with E-state index in [1.807, 2.05) is 12.1 Å². The Morgan fingerprint density at radius 2 is 2.00 bits per heavy atom. The SMILES string of the molecule is Nc1nc2ccccc2n1C1CCN2CCCC12. The molecule has 2 unspecified atom stereocenters. The molecule has 1 aromatic carbocycles. The molecule has 0 aliphatic carbocycles. The molecular weight excluding hydrogens is 224 g/mol. The van der Waals surface area contributed by atoms with Crippen LogP contribution < -0.4 is 5.73 Å². The third-order valence-corrected chi connectivity index (χ3v) is 4.53. The smallest absolute Gasteiger partial charge is 0.201 e. The number of hydrogen-bond donors (Lipinski definition) is 1. The molecule has 1 aromatic heterocycles. The maximum atomic E-state index is 6.15. The van der Waals surface area contributed by atoms with Gasteiger partial charge in [-0.3, -0.25) is 4.90 Å². The molecule has 2 aliphatic rings. The minimum atomic E-state index is 0.514. The minimum Gasteiger partial charge on any atom is -0.369 e. The second kappa shape index (κ2) is 3.72. The van der Waals surface area contributed by atoms with Gasteiger partial charge in [0.1, 0.15) is 0 Å². The first-order chi connectivity index (χ1) is 8.84. The lowest BCUT2D eigenvalue weighted by atomic mass is 10.1. The van der Waals surface area contributed by atoms with E-state index < -0.39 is 0 Å². The fourth-order valence-corrected chi connectivity index (χ4v) is 3.77. The highest BCUT2D eigenvalue weighted by Crippen LogP contribution is 2.38. The number of anilines is 1. The summed E-state index contributed by atoms with van der Waals surface area (Å²) in [5.74, 6) is 0.676. The molecule has 4 heteroatoms. The van der Waals surface area contributed by atoms with E-state index in [0.29, 0.717) is 18.0 Å². The molecule has 2 atom stereocenters. The number of para-hydroxylation sites is 2. The Hall–Kier alpha value is -1.55. The van der Waals surface area contributed by atoms with Crippen molar-refractivity contribution in [2.45, 2.75) is 31.3 Å². The molecule has 94 valence electrons. The van der Waals surface area contributed by atoms with Crippen LogP contribution in [0.15, 0.2) is 24.3 Å². The Balaban J connectivity index is 1.84. The number of nitrogen functional groups attached to an aromatic ring is 1. The summed E-state index contributed by atoms with van der Waals surface area (Å²) < 4.78 is 2.27. The van der Waals surface area contributed by atoms with E-state index >= 15 is 0 Å². The Labute approximate surface area is 106 Å². The number of imidazole rings is 1. The summed E-state index contributed by atoms with van der Waals surface area (Å²) in [4.78, 5) is 7.10. The van der Waals surface area contributed by atoms with E-state index in [-0.39, 0.29) is 0 Å². The highest BCUT2D eigenvalue weighted by atomic mass is 15.3. The van der Waals surface area contributed by atoms with Gasteiger partial charge in [0.25, 0.3) is 0 Å². The van der Waals surface area contributed by atoms with Crippen LogP contribution >= 0.6 is 0 Å². The second-order valence-electron chi connectivity index (χ2n) is 5.43. The quantitative estimate of drug-likeness (QED) is 0.832. The first kappa shape index (κ1) is 10.4. The molecule has 2 aliphatic heterocycles. The van der Waals surface area contributed by atoms with Crippen LogP contribution in [0.4, 0.5) is 5.95 Å². The van der Waals surface area contributed by atoms with Crippen molar-refractivity contribution in [1.29, 1.82) is 0 Å². The summed E-state index contributed by atoms with van der Waals surface area (Å²) in [6.45, 7) is 2.47. The lowest BCUT2D eigenvalue weighted by Crippen LogP contribution is -2.28. The van der Waals surface area contributed by atoms with Gasteiger partial charge in [0, 0.05) is 12.6 Å². The van der Waals surface area contributed by atoms with E-state index in [1.54, 1.807) is 0 Å². The zero-order valence-electron chi connectivity index (χ0n) is 10.4. The summed E-state index contributed by atoms with van der Waals surface area (Å²) in [6.07, 6.45) is 3.83. The number of nitrogens with two attached hydrogens (primary N) is 1. The molecule has 0 bridgehead atoms. The largest absolute Gasteiger partial charge is 0.369 e. The first-order valence-corrected chi connectivity index (χ1v) is 6.81. The average Bonchev–Trinajstić information content (AvgIpc) is 3.01. The van der Waals surface area contributed by atoms with Gasteiger partial charge in [-0.25, -0.2) is 4.98 Å². The topological polar surface area (TPSA) is 47.1 Å². The molecule has 2 N–H and O–H groups in total. The number of benzene rings is 1. The molecule has 2 aromatic rings. The van der Waals surface area contributed by atoms with Gasteiger partial charge in [0.05, 0.1) is 17.1 Å². The lowest BCUT2D eigenvalue weighted by Gasteiger charge is -2.22. The van der Waals surface area contributed by atoms with Crippen LogP contribution in [0.2, 0.25) is 0 Å². The highest BCUT2D eigenvalue weighted by Gasteiger charge is 2.39. The fraction of sp³-hybridized carbons (Fsp3) is 0.500. The number of aromatic nitrogens is 2. The Morgan fingerprint density at radius 1 is 1.11 bits per heavy atom. The molecule has 0 amide bonds. The van der Waals surface area contributed by atoms with Gasteiger partial charge >= 0.3 is 0 Å². The minimum absolute atomic E-state index is 0.514. The first-order valence-electron chi connectivity index (χ1n) is 6.81. The van der Waals surface area contributed by atoms with Crippen molar-refractivity contribution in [3.63, 3.8) is 0 Å². The molecule has 0 radical (unpaired) electrons. The monoisotopic (exact) mass is 242 g/mol. The van der Waals surface area contributed by atoms with Crippen molar-refractivity contribution in [3.05, 3.63) is 24.3 Å². The molecule has 4 rings (SSSR count). The fourth-order valence-electron chi connectivity index (χ4n) is 3.77. The highest BCUT2D eigenvalue weighted by molar-refractivity contribution is 5.78. The number of nitrogens with zero attached hydrogens (tertiary/aromatic N) is 3. The summed E-state index contributed by atoms with van der Waals surface area (Å²) in [7, 11) is 0. The van der Waals surface area contributed by atoms with Gasteiger partial charge in [-0.1, -0.05) is 12.1 Å². The number of hydrogen-bond acceptors (Lipinski definition) is 3. The third kappa shape index (κ3) is 1.32. The van der Waals surface area contributed by atoms with Gasteiger partial charge in [-0.2, -0.15) is 0 Å². The van der Waals surface area contributed by atoms with Crippen molar-refractivity contribution >= 4 is 17.0 Å². The summed E-state index contributed by atoms with van der Waals surface area (Å²) in [5.41, 5.74) is 8.36. The Morgan fingerprint density at radius 3 is 2.94 bits per heavy atom. The van der Waals surface area contributed by atoms with Gasteiger partial charge in [-0.15, -0.1) is 0 Å². The van der Waals surface area contributed by atoms with Crippen LogP contribution in [0.3, 0.4) is 0 Å². The molecule has 0 saturated carbocycles. The van der Waals surface area contributed by atoms with Crippen molar-refractivity contribution < 1.29 is 0 Å². The maximum Gasteiger partial charge on any atom is 0.201 e. The van der Waals surface area contributed by atoms with E-state index in [9.17, 15) is 0 Å². The Kier molecular flexibility index (Phi) is 2.14. The van der Waals surface area contributed by atoms with Crippen LogP contribution in [0.25, 0.3) is 11.0 Å². The second-order valence-corrected chi connectivity index (χ2v) is 5.43. The van der Waals surface area contributed by atoms with E-state index in [4.69, 9.17) is 5.73 Å². The summed E-state index contributed by atoms with van der Waals surface area (Å²) in [5, 5.41) is 0. The molecule has 18 heavy (non-hydrogen) atoms. The van der Waals surface area contributed by atoms with Crippen LogP contribution in [0.5, 0.6) is 0 Å². The zero-order chi connectivity index (χ0) is 12.1. The summed E-state index contributed by atoms with van der Waals surface area (Å²) in [6, 6.07) is 9.46. The Bertz CT molecular complexity index is 588. The zero-order valence-corrected chi connectivity index (χ0v) is 10.4. The van der Waals surface area contributed by atoms with E-state index in [1.165, 1.54) is 37.9 Å². The molecule has 2 fully saturated rings. The molecule has 4 nitrogen and oxygen atoms in total. The predicted molar refractivity (Wildman–Crippen MR) is 72.4 cm³/mol. The molecule has 3 heterocycles. The third-order valence-electron chi connectivity index (χ3n) is 4.53. The molecule has 2 saturated heterocycles. The van der Waals surface area contributed by atoms with E-state index in [2.05, 4.69) is 26.6 Å². The maximum absolute atomic E-state index is 6.15. The van der Waals surface area contributed by atoms with Gasteiger partial charge in [0.2, 0.25) is 5.95 Å². The van der Waals surface area contributed by atoms with Crippen molar-refractivity contribution in [1.82, 2.24) is 14.5 Å². The standard InChI is InChI=1S/C14H18N4/c15-14-16-10-4-1-2-5-11(10)18(14)13-7-9-17-8-3-6-12(13)17/h1-2,4-5,12-13H,3,6-9H2,(H2,15,16). The van der Waals surface area contributed by atoms with Crippen molar-refractivity contribution in [2.24, 2.45) is 0 Å². The summed E-state index contributed by atoms with van der Waals surface area (Å²) >= 11 is 0. The van der Waals surface area contributed by atoms with Crippen LogP contribution in [0, 0.1) is 0 Å². The van der Waals surface area contributed by atoms with Crippen LogP contribution in [-0.4, -0.2) is 33.6 Å². The van der Waals surface area contributed by atoms with Gasteiger partial charge in [0.15, 0.2) is 0 Å². The van der Waals surface area contributed by atoms with E-state index in [0.717, 1.165) is 5.52 Å².